The van der Waals surface area contributed by atoms with Gasteiger partial charge in [-0.15, -0.1) is 23.1 Å². The molecule has 1 fully saturated rings. The number of aryl methyl sites for hydroxylation is 1. The van der Waals surface area contributed by atoms with Crippen LogP contribution in [0.1, 0.15) is 29.7 Å². The Kier molecular flexibility index (Phi) is 5.30. The van der Waals surface area contributed by atoms with Gasteiger partial charge in [-0.2, -0.15) is 0 Å². The highest BCUT2D eigenvalue weighted by Gasteiger charge is 2.34. The van der Waals surface area contributed by atoms with Crippen LogP contribution in [0.15, 0.2) is 11.4 Å². The van der Waals surface area contributed by atoms with Crippen LogP contribution in [0.25, 0.3) is 0 Å². The van der Waals surface area contributed by atoms with E-state index >= 15 is 0 Å². The lowest BCUT2D eigenvalue weighted by Gasteiger charge is -2.27. The zero-order chi connectivity index (χ0) is 13.8. The van der Waals surface area contributed by atoms with Gasteiger partial charge in [0.05, 0.1) is 5.75 Å². The molecule has 2 rings (SSSR count). The highest BCUT2D eigenvalue weighted by Crippen LogP contribution is 2.41. The summed E-state index contributed by atoms with van der Waals surface area (Å²) in [6, 6.07) is 2.14. The monoisotopic (exact) mass is 298 g/mol. The molecule has 106 valence electrons. The number of rotatable bonds is 6. The number of likely N-dealkylation sites (N-methyl/N-ethyl adjacent to an activating group) is 1. The van der Waals surface area contributed by atoms with E-state index < -0.39 is 0 Å². The molecule has 1 unspecified atom stereocenters. The molecular formula is C14H22N2OS2. The van der Waals surface area contributed by atoms with Crippen molar-refractivity contribution in [1.29, 1.82) is 0 Å². The van der Waals surface area contributed by atoms with Crippen LogP contribution < -0.4 is 0 Å². The Morgan fingerprint density at radius 2 is 2.16 bits per heavy atom. The normalized spacial score (nSPS) is 19.7. The van der Waals surface area contributed by atoms with Crippen molar-refractivity contribution in [2.45, 2.75) is 26.1 Å². The van der Waals surface area contributed by atoms with Gasteiger partial charge in [-0.25, -0.2) is 0 Å². The number of thiophene rings is 1. The second-order valence-electron chi connectivity index (χ2n) is 4.75. The Hall–Kier alpha value is -0.520. The smallest absolute Gasteiger partial charge is 0.233 e. The lowest BCUT2D eigenvalue weighted by Crippen LogP contribution is -2.37. The van der Waals surface area contributed by atoms with E-state index in [1.165, 1.54) is 10.4 Å². The number of carbonyl (C=O) groups is 1. The fourth-order valence-electron chi connectivity index (χ4n) is 2.34. The number of amides is 1. The molecule has 1 aliphatic heterocycles. The lowest BCUT2D eigenvalue weighted by molar-refractivity contribution is -0.128. The van der Waals surface area contributed by atoms with Gasteiger partial charge in [0.25, 0.3) is 0 Å². The first-order chi connectivity index (χ1) is 9.17. The Morgan fingerprint density at radius 3 is 2.74 bits per heavy atom. The SMILES string of the molecule is CCN(CC)CCN1C(=O)CSC1c1sccc1C. The molecular weight excluding hydrogens is 276 g/mol. The van der Waals surface area contributed by atoms with E-state index in [-0.39, 0.29) is 11.3 Å². The summed E-state index contributed by atoms with van der Waals surface area (Å²) in [7, 11) is 0. The second-order valence-corrected chi connectivity index (χ2v) is 6.76. The van der Waals surface area contributed by atoms with Crippen LogP contribution in [0.5, 0.6) is 0 Å². The van der Waals surface area contributed by atoms with Gasteiger partial charge in [-0.1, -0.05) is 13.8 Å². The van der Waals surface area contributed by atoms with E-state index in [0.717, 1.165) is 26.2 Å². The van der Waals surface area contributed by atoms with Gasteiger partial charge >= 0.3 is 0 Å². The largest absolute Gasteiger partial charge is 0.324 e. The molecule has 0 saturated carbocycles. The lowest BCUT2D eigenvalue weighted by atomic mass is 10.2. The number of hydrogen-bond acceptors (Lipinski definition) is 4. The highest BCUT2D eigenvalue weighted by molar-refractivity contribution is 8.00. The summed E-state index contributed by atoms with van der Waals surface area (Å²) in [5.74, 6) is 0.912. The molecule has 19 heavy (non-hydrogen) atoms. The number of carbonyl (C=O) groups excluding carboxylic acids is 1. The molecule has 1 amide bonds. The van der Waals surface area contributed by atoms with Crippen LogP contribution in [0.3, 0.4) is 0 Å². The Bertz CT molecular complexity index is 429. The molecule has 1 atom stereocenters. The minimum Gasteiger partial charge on any atom is -0.324 e. The summed E-state index contributed by atoms with van der Waals surface area (Å²) in [5.41, 5.74) is 1.31. The van der Waals surface area contributed by atoms with Crippen LogP contribution in [-0.2, 0) is 4.79 Å². The molecule has 3 nitrogen and oxygen atoms in total. The minimum atomic E-state index is 0.239. The van der Waals surface area contributed by atoms with Crippen LogP contribution in [-0.4, -0.2) is 47.6 Å². The van der Waals surface area contributed by atoms with Gasteiger partial charge in [-0.05, 0) is 37.0 Å². The van der Waals surface area contributed by atoms with Crippen molar-refractivity contribution in [2.24, 2.45) is 0 Å². The van der Waals surface area contributed by atoms with E-state index in [0.29, 0.717) is 5.75 Å². The van der Waals surface area contributed by atoms with Crippen LogP contribution >= 0.6 is 23.1 Å². The summed E-state index contributed by atoms with van der Waals surface area (Å²) in [4.78, 5) is 17.8. The molecule has 0 radical (unpaired) electrons. The molecule has 1 saturated heterocycles. The number of nitrogens with zero attached hydrogens (tertiary/aromatic N) is 2. The standard InChI is InChI=1S/C14H22N2OS2/c1-4-15(5-2)7-8-16-12(17)10-19-14(16)13-11(3)6-9-18-13/h6,9,14H,4-5,7-8,10H2,1-3H3. The zero-order valence-corrected chi connectivity index (χ0v) is 13.5. The van der Waals surface area contributed by atoms with Crippen molar-refractivity contribution in [1.82, 2.24) is 9.80 Å². The summed E-state index contributed by atoms with van der Waals surface area (Å²) >= 11 is 3.54. The summed E-state index contributed by atoms with van der Waals surface area (Å²) in [5, 5.41) is 2.36. The molecule has 0 aromatic carbocycles. The maximum atomic E-state index is 12.1. The topological polar surface area (TPSA) is 23.6 Å². The van der Waals surface area contributed by atoms with E-state index in [2.05, 4.69) is 42.0 Å². The van der Waals surface area contributed by atoms with Crippen molar-refractivity contribution in [3.05, 3.63) is 21.9 Å². The van der Waals surface area contributed by atoms with E-state index in [1.807, 2.05) is 0 Å². The fraction of sp³-hybridized carbons (Fsp3) is 0.643. The predicted molar refractivity (Wildman–Crippen MR) is 83.8 cm³/mol. The average Bonchev–Trinajstić information content (AvgIpc) is 2.97. The molecule has 0 bridgehead atoms. The first-order valence-electron chi connectivity index (χ1n) is 6.84. The van der Waals surface area contributed by atoms with Crippen LogP contribution in [0.4, 0.5) is 0 Å². The van der Waals surface area contributed by atoms with E-state index in [4.69, 9.17) is 0 Å². The molecule has 0 N–H and O–H groups in total. The maximum absolute atomic E-state index is 12.1. The fourth-order valence-corrected chi connectivity index (χ4v) is 4.83. The zero-order valence-electron chi connectivity index (χ0n) is 11.9. The summed E-state index contributed by atoms with van der Waals surface area (Å²) < 4.78 is 0. The van der Waals surface area contributed by atoms with Crippen LogP contribution in [0.2, 0.25) is 0 Å². The maximum Gasteiger partial charge on any atom is 0.233 e. The Balaban J connectivity index is 2.04. The van der Waals surface area contributed by atoms with E-state index in [1.54, 1.807) is 23.1 Å². The molecule has 1 aromatic heterocycles. The van der Waals surface area contributed by atoms with Crippen molar-refractivity contribution < 1.29 is 4.79 Å². The first-order valence-corrected chi connectivity index (χ1v) is 8.77. The summed E-state index contributed by atoms with van der Waals surface area (Å²) in [6.45, 7) is 10.4. The van der Waals surface area contributed by atoms with Gasteiger partial charge < -0.3 is 9.80 Å². The van der Waals surface area contributed by atoms with Crippen molar-refractivity contribution in [2.75, 3.05) is 31.9 Å². The van der Waals surface area contributed by atoms with E-state index in [9.17, 15) is 4.79 Å². The molecule has 2 heterocycles. The predicted octanol–water partition coefficient (Wildman–Crippen LogP) is 2.97. The molecule has 0 aliphatic carbocycles. The molecule has 0 spiro atoms. The minimum absolute atomic E-state index is 0.239. The number of thioether (sulfide) groups is 1. The molecule has 1 aliphatic rings. The quantitative estimate of drug-likeness (QED) is 0.806. The highest BCUT2D eigenvalue weighted by atomic mass is 32.2. The Labute approximate surface area is 124 Å². The third-order valence-corrected chi connectivity index (χ3v) is 6.09. The first kappa shape index (κ1) is 14.9. The molecule has 1 aromatic rings. The van der Waals surface area contributed by atoms with Crippen molar-refractivity contribution >= 4 is 29.0 Å². The van der Waals surface area contributed by atoms with Gasteiger partial charge in [-0.3, -0.25) is 4.79 Å². The molecule has 5 heteroatoms. The van der Waals surface area contributed by atoms with Crippen molar-refractivity contribution in [3.63, 3.8) is 0 Å². The van der Waals surface area contributed by atoms with Gasteiger partial charge in [0.1, 0.15) is 5.37 Å². The Morgan fingerprint density at radius 1 is 1.42 bits per heavy atom. The third-order valence-electron chi connectivity index (χ3n) is 3.65. The third kappa shape index (κ3) is 3.33. The van der Waals surface area contributed by atoms with Crippen LogP contribution in [0, 0.1) is 6.92 Å². The van der Waals surface area contributed by atoms with Gasteiger partial charge in [0, 0.05) is 18.0 Å². The van der Waals surface area contributed by atoms with Crippen molar-refractivity contribution in [3.8, 4) is 0 Å². The number of hydrogen-bond donors (Lipinski definition) is 0. The second kappa shape index (κ2) is 6.77. The van der Waals surface area contributed by atoms with Gasteiger partial charge in [0.2, 0.25) is 5.91 Å². The summed E-state index contributed by atoms with van der Waals surface area (Å²) in [6.07, 6.45) is 0. The van der Waals surface area contributed by atoms with Gasteiger partial charge in [0.15, 0.2) is 0 Å². The average molecular weight is 298 g/mol.